The van der Waals surface area contributed by atoms with Crippen LogP contribution in [0.15, 0.2) is 12.2 Å². The number of hydrogen-bond donors (Lipinski definition) is 1. The van der Waals surface area contributed by atoms with Gasteiger partial charge in [0.1, 0.15) is 0 Å². The molecule has 0 heterocycles. The molecular formula is C44H85NO7. The summed E-state index contributed by atoms with van der Waals surface area (Å²) >= 11 is 0. The maximum absolute atomic E-state index is 12.5. The number of ether oxygens (including phenoxy) is 4. The highest BCUT2D eigenvalue weighted by atomic mass is 16.7. The number of esters is 2. The second-order valence-corrected chi connectivity index (χ2v) is 14.6. The van der Waals surface area contributed by atoms with Gasteiger partial charge in [-0.2, -0.15) is 0 Å². The molecule has 8 heteroatoms. The molecule has 0 aromatic rings. The maximum atomic E-state index is 12.5. The van der Waals surface area contributed by atoms with Gasteiger partial charge < -0.3 is 29.0 Å². The summed E-state index contributed by atoms with van der Waals surface area (Å²) in [5.41, 5.74) is 0. The van der Waals surface area contributed by atoms with Gasteiger partial charge in [-0.25, -0.2) is 0 Å². The number of aliphatic hydroxyl groups is 1. The smallest absolute Gasteiger partial charge is 0.305 e. The van der Waals surface area contributed by atoms with Gasteiger partial charge in [-0.05, 0) is 77.3 Å². The van der Waals surface area contributed by atoms with Gasteiger partial charge in [-0.3, -0.25) is 9.59 Å². The fourth-order valence-electron chi connectivity index (χ4n) is 6.21. The summed E-state index contributed by atoms with van der Waals surface area (Å²) in [5, 5.41) is 9.52. The Morgan fingerprint density at radius 2 is 0.981 bits per heavy atom. The predicted molar refractivity (Wildman–Crippen MR) is 217 cm³/mol. The molecule has 0 aliphatic heterocycles. The Morgan fingerprint density at radius 1 is 0.519 bits per heavy atom. The highest BCUT2D eigenvalue weighted by Gasteiger charge is 2.14. The zero-order chi connectivity index (χ0) is 38.0. The average molecular weight is 740 g/mol. The van der Waals surface area contributed by atoms with E-state index in [9.17, 15) is 14.7 Å². The van der Waals surface area contributed by atoms with E-state index in [4.69, 9.17) is 18.9 Å². The van der Waals surface area contributed by atoms with Crippen LogP contribution in [0.25, 0.3) is 0 Å². The second kappa shape index (κ2) is 42.3. The van der Waals surface area contributed by atoms with Crippen molar-refractivity contribution in [3.63, 3.8) is 0 Å². The van der Waals surface area contributed by atoms with Crippen molar-refractivity contribution in [2.45, 2.75) is 207 Å². The molecule has 0 aromatic carbocycles. The Morgan fingerprint density at radius 3 is 1.52 bits per heavy atom. The minimum absolute atomic E-state index is 0.0617. The number of nitrogens with zero attached hydrogens (tertiary/aromatic N) is 1. The molecule has 0 radical (unpaired) electrons. The number of carbonyl (C=O) groups is 2. The van der Waals surface area contributed by atoms with Gasteiger partial charge in [0.15, 0.2) is 6.29 Å². The number of hydrogen-bond acceptors (Lipinski definition) is 8. The van der Waals surface area contributed by atoms with Crippen LogP contribution in [-0.2, 0) is 28.5 Å². The number of aliphatic hydroxyl groups excluding tert-OH is 1. The highest BCUT2D eigenvalue weighted by molar-refractivity contribution is 5.69. The molecule has 1 N–H and O–H groups in total. The van der Waals surface area contributed by atoms with Crippen LogP contribution in [0.2, 0.25) is 0 Å². The highest BCUT2D eigenvalue weighted by Crippen LogP contribution is 2.13. The second-order valence-electron chi connectivity index (χ2n) is 14.6. The number of rotatable bonds is 42. The standard InChI is InChI=1S/C44H85NO7/c1-4-7-10-13-20-27-38-49-42(47)31-24-17-16-18-25-34-45(36-37-46)35-26-19-23-28-39-50-43(48)32-33-44(51-40-29-21-14-11-8-5-2)52-41-30-22-15-12-9-6-3/h7,10,44,46H,4-6,8-9,11-41H2,1-3H3/b10-7-. The molecule has 0 saturated carbocycles. The van der Waals surface area contributed by atoms with Crippen LogP contribution in [0.3, 0.4) is 0 Å². The molecule has 0 rings (SSSR count). The average Bonchev–Trinajstić information content (AvgIpc) is 3.14. The molecule has 0 aromatic heterocycles. The van der Waals surface area contributed by atoms with Crippen molar-refractivity contribution >= 4 is 11.9 Å². The molecule has 0 amide bonds. The molecule has 308 valence electrons. The van der Waals surface area contributed by atoms with Crippen LogP contribution in [-0.4, -0.2) is 80.9 Å². The molecule has 0 bridgehead atoms. The maximum Gasteiger partial charge on any atom is 0.305 e. The Balaban J connectivity index is 3.99. The summed E-state index contributed by atoms with van der Waals surface area (Å²) in [7, 11) is 0. The molecule has 0 spiro atoms. The molecule has 0 saturated heterocycles. The topological polar surface area (TPSA) is 94.5 Å². The van der Waals surface area contributed by atoms with Crippen LogP contribution >= 0.6 is 0 Å². The minimum Gasteiger partial charge on any atom is -0.466 e. The van der Waals surface area contributed by atoms with E-state index in [1.165, 1.54) is 64.2 Å². The predicted octanol–water partition coefficient (Wildman–Crippen LogP) is 11.3. The lowest BCUT2D eigenvalue weighted by molar-refractivity contribution is -0.159. The monoisotopic (exact) mass is 740 g/mol. The van der Waals surface area contributed by atoms with Crippen molar-refractivity contribution in [2.24, 2.45) is 0 Å². The van der Waals surface area contributed by atoms with E-state index in [1.54, 1.807) is 0 Å². The first kappa shape index (κ1) is 50.5. The summed E-state index contributed by atoms with van der Waals surface area (Å²) < 4.78 is 23.0. The van der Waals surface area contributed by atoms with Gasteiger partial charge in [0.25, 0.3) is 0 Å². The summed E-state index contributed by atoms with van der Waals surface area (Å²) in [6, 6.07) is 0. The molecule has 0 fully saturated rings. The SMILES string of the molecule is CC/C=C\CCCCOC(=O)CCCCCCCN(CCO)CCCCCCOC(=O)CCC(OCCCCCCCC)OCCCCCCCC. The van der Waals surface area contributed by atoms with Gasteiger partial charge in [0.05, 0.1) is 26.2 Å². The number of carbonyl (C=O) groups excluding carboxylic acids is 2. The van der Waals surface area contributed by atoms with E-state index in [-0.39, 0.29) is 24.8 Å². The summed E-state index contributed by atoms with van der Waals surface area (Å²) in [6.45, 7) is 11.9. The van der Waals surface area contributed by atoms with Gasteiger partial charge in [-0.1, -0.05) is 129 Å². The van der Waals surface area contributed by atoms with E-state index in [0.717, 1.165) is 109 Å². The fraction of sp³-hybridized carbons (Fsp3) is 0.909. The van der Waals surface area contributed by atoms with Crippen LogP contribution in [0.1, 0.15) is 201 Å². The van der Waals surface area contributed by atoms with Crippen LogP contribution in [0.4, 0.5) is 0 Å². The summed E-state index contributed by atoms with van der Waals surface area (Å²) in [4.78, 5) is 26.7. The van der Waals surface area contributed by atoms with Gasteiger partial charge in [0.2, 0.25) is 0 Å². The zero-order valence-corrected chi connectivity index (χ0v) is 34.5. The Labute approximate surface area is 321 Å². The molecule has 0 aliphatic carbocycles. The molecule has 8 nitrogen and oxygen atoms in total. The number of unbranched alkanes of at least 4 members (excludes halogenated alkanes) is 19. The van der Waals surface area contributed by atoms with E-state index in [0.29, 0.717) is 52.2 Å². The van der Waals surface area contributed by atoms with Crippen molar-refractivity contribution < 1.29 is 33.6 Å². The van der Waals surface area contributed by atoms with Crippen LogP contribution < -0.4 is 0 Å². The van der Waals surface area contributed by atoms with E-state index in [1.807, 2.05) is 0 Å². The van der Waals surface area contributed by atoms with Crippen LogP contribution in [0, 0.1) is 0 Å². The van der Waals surface area contributed by atoms with Crippen molar-refractivity contribution in [1.29, 1.82) is 0 Å². The van der Waals surface area contributed by atoms with Crippen LogP contribution in [0.5, 0.6) is 0 Å². The Bertz CT molecular complexity index is 760. The lowest BCUT2D eigenvalue weighted by Gasteiger charge is -2.21. The first-order valence-corrected chi connectivity index (χ1v) is 22.1. The lowest BCUT2D eigenvalue weighted by Crippen LogP contribution is -2.29. The van der Waals surface area contributed by atoms with Crippen molar-refractivity contribution in [3.05, 3.63) is 12.2 Å². The lowest BCUT2D eigenvalue weighted by atomic mass is 10.1. The van der Waals surface area contributed by atoms with E-state index < -0.39 is 0 Å². The Kier molecular flexibility index (Phi) is 41.1. The van der Waals surface area contributed by atoms with Crippen molar-refractivity contribution in [1.82, 2.24) is 4.90 Å². The molecule has 0 aliphatic rings. The number of allylic oxidation sites excluding steroid dienone is 2. The summed E-state index contributed by atoms with van der Waals surface area (Å²) in [6.07, 6.45) is 33.7. The third-order valence-electron chi connectivity index (χ3n) is 9.52. The largest absolute Gasteiger partial charge is 0.466 e. The normalized spacial score (nSPS) is 11.7. The van der Waals surface area contributed by atoms with Gasteiger partial charge >= 0.3 is 11.9 Å². The van der Waals surface area contributed by atoms with Crippen molar-refractivity contribution in [2.75, 3.05) is 52.7 Å². The molecule has 52 heavy (non-hydrogen) atoms. The Hall–Kier alpha value is -1.48. The summed E-state index contributed by atoms with van der Waals surface area (Å²) in [5.74, 6) is -0.222. The minimum atomic E-state index is -0.325. The van der Waals surface area contributed by atoms with E-state index >= 15 is 0 Å². The third-order valence-corrected chi connectivity index (χ3v) is 9.52. The van der Waals surface area contributed by atoms with Gasteiger partial charge in [0, 0.05) is 32.6 Å². The van der Waals surface area contributed by atoms with Gasteiger partial charge in [-0.15, -0.1) is 0 Å². The van der Waals surface area contributed by atoms with E-state index in [2.05, 4.69) is 37.8 Å². The zero-order valence-electron chi connectivity index (χ0n) is 34.5. The fourth-order valence-corrected chi connectivity index (χ4v) is 6.21. The first-order valence-electron chi connectivity index (χ1n) is 22.1. The first-order chi connectivity index (χ1) is 25.6. The molecule has 0 unspecified atom stereocenters. The third kappa shape index (κ3) is 38.3. The van der Waals surface area contributed by atoms with Crippen molar-refractivity contribution in [3.8, 4) is 0 Å². The molecular weight excluding hydrogens is 654 g/mol. The molecule has 0 atom stereocenters. The quantitative estimate of drug-likeness (QED) is 0.0286.